The zero-order chi connectivity index (χ0) is 14.7. The lowest BCUT2D eigenvalue weighted by Gasteiger charge is -2.22. The standard InChI is InChI=1S/C15H20N4OS/c1-3-7-16-10-5-4-6-12-14(10)19-15(21-12)11-8-13(20-2)18-9-17-11/h8-10,16H,3-7H2,1-2H3. The van der Waals surface area contributed by atoms with E-state index in [4.69, 9.17) is 9.72 Å². The predicted octanol–water partition coefficient (Wildman–Crippen LogP) is 2.99. The fraction of sp³-hybridized carbons (Fsp3) is 0.533. The molecule has 2 heterocycles. The Morgan fingerprint density at radius 1 is 1.43 bits per heavy atom. The monoisotopic (exact) mass is 304 g/mol. The average Bonchev–Trinajstić information content (AvgIpc) is 2.97. The molecule has 0 aromatic carbocycles. The van der Waals surface area contributed by atoms with E-state index in [9.17, 15) is 0 Å². The minimum atomic E-state index is 0.391. The normalized spacial score (nSPS) is 17.5. The van der Waals surface area contributed by atoms with Crippen LogP contribution in [0.5, 0.6) is 5.88 Å². The summed E-state index contributed by atoms with van der Waals surface area (Å²) in [5.41, 5.74) is 2.06. The molecule has 0 saturated carbocycles. The molecule has 2 aromatic heterocycles. The molecule has 0 saturated heterocycles. The maximum absolute atomic E-state index is 5.17. The maximum Gasteiger partial charge on any atom is 0.216 e. The second-order valence-corrected chi connectivity index (χ2v) is 6.26. The lowest BCUT2D eigenvalue weighted by Crippen LogP contribution is -2.25. The molecule has 0 radical (unpaired) electrons. The number of hydrogen-bond donors (Lipinski definition) is 1. The Balaban J connectivity index is 1.90. The molecule has 0 amide bonds. The Morgan fingerprint density at radius 2 is 2.33 bits per heavy atom. The quantitative estimate of drug-likeness (QED) is 0.920. The van der Waals surface area contributed by atoms with Gasteiger partial charge in [-0.15, -0.1) is 11.3 Å². The molecule has 1 N–H and O–H groups in total. The van der Waals surface area contributed by atoms with E-state index in [0.29, 0.717) is 11.9 Å². The van der Waals surface area contributed by atoms with Crippen molar-refractivity contribution in [3.63, 3.8) is 0 Å². The van der Waals surface area contributed by atoms with Crippen LogP contribution in [0.3, 0.4) is 0 Å². The second-order valence-electron chi connectivity index (χ2n) is 5.17. The molecule has 0 spiro atoms. The largest absolute Gasteiger partial charge is 0.481 e. The summed E-state index contributed by atoms with van der Waals surface area (Å²) < 4.78 is 5.17. The SMILES string of the molecule is CCCNC1CCCc2sc(-c3cc(OC)ncn3)nc21. The average molecular weight is 304 g/mol. The van der Waals surface area contributed by atoms with E-state index in [-0.39, 0.29) is 0 Å². The molecule has 0 aliphatic heterocycles. The van der Waals surface area contributed by atoms with Gasteiger partial charge in [0.2, 0.25) is 5.88 Å². The fourth-order valence-electron chi connectivity index (χ4n) is 2.61. The highest BCUT2D eigenvalue weighted by atomic mass is 32.1. The maximum atomic E-state index is 5.17. The van der Waals surface area contributed by atoms with E-state index < -0.39 is 0 Å². The van der Waals surface area contributed by atoms with E-state index in [1.807, 2.05) is 6.07 Å². The molecule has 21 heavy (non-hydrogen) atoms. The molecule has 1 atom stereocenters. The lowest BCUT2D eigenvalue weighted by atomic mass is 9.97. The first kappa shape index (κ1) is 14.4. The summed E-state index contributed by atoms with van der Waals surface area (Å²) in [7, 11) is 1.61. The fourth-order valence-corrected chi connectivity index (χ4v) is 3.75. The zero-order valence-electron chi connectivity index (χ0n) is 12.4. The van der Waals surface area contributed by atoms with Crippen molar-refractivity contribution in [2.45, 2.75) is 38.6 Å². The van der Waals surface area contributed by atoms with Crippen molar-refractivity contribution < 1.29 is 4.74 Å². The Bertz CT molecular complexity index is 613. The summed E-state index contributed by atoms with van der Waals surface area (Å²) in [4.78, 5) is 14.6. The highest BCUT2D eigenvalue weighted by molar-refractivity contribution is 7.15. The first-order valence-corrected chi connectivity index (χ1v) is 8.23. The number of methoxy groups -OCH3 is 1. The van der Waals surface area contributed by atoms with Gasteiger partial charge in [0.05, 0.1) is 18.8 Å². The van der Waals surface area contributed by atoms with Gasteiger partial charge in [-0.2, -0.15) is 0 Å². The van der Waals surface area contributed by atoms with Crippen LogP contribution in [-0.2, 0) is 6.42 Å². The number of thiazole rings is 1. The Kier molecular flexibility index (Phi) is 4.45. The van der Waals surface area contributed by atoms with Gasteiger partial charge in [0.1, 0.15) is 17.0 Å². The van der Waals surface area contributed by atoms with Crippen LogP contribution in [0.1, 0.15) is 42.8 Å². The van der Waals surface area contributed by atoms with Gasteiger partial charge in [0.25, 0.3) is 0 Å². The van der Waals surface area contributed by atoms with Crippen LogP contribution in [0.2, 0.25) is 0 Å². The summed E-state index contributed by atoms with van der Waals surface area (Å²) in [6.45, 7) is 3.23. The van der Waals surface area contributed by atoms with Crippen molar-refractivity contribution in [1.29, 1.82) is 0 Å². The number of ether oxygens (including phenoxy) is 1. The Labute approximate surface area is 128 Å². The number of rotatable bonds is 5. The van der Waals surface area contributed by atoms with Gasteiger partial charge in [0.15, 0.2) is 0 Å². The molecular weight excluding hydrogens is 284 g/mol. The van der Waals surface area contributed by atoms with Gasteiger partial charge in [-0.05, 0) is 32.2 Å². The third kappa shape index (κ3) is 3.06. The van der Waals surface area contributed by atoms with Crippen LogP contribution in [0, 0.1) is 0 Å². The molecule has 1 aliphatic carbocycles. The minimum Gasteiger partial charge on any atom is -0.481 e. The van der Waals surface area contributed by atoms with Crippen molar-refractivity contribution in [2.24, 2.45) is 0 Å². The van der Waals surface area contributed by atoms with E-state index >= 15 is 0 Å². The van der Waals surface area contributed by atoms with Gasteiger partial charge < -0.3 is 10.1 Å². The number of hydrogen-bond acceptors (Lipinski definition) is 6. The van der Waals surface area contributed by atoms with Crippen molar-refractivity contribution in [3.05, 3.63) is 23.0 Å². The third-order valence-corrected chi connectivity index (χ3v) is 4.82. The van der Waals surface area contributed by atoms with Crippen LogP contribution in [0.15, 0.2) is 12.4 Å². The van der Waals surface area contributed by atoms with Crippen molar-refractivity contribution in [3.8, 4) is 16.6 Å². The Hall–Kier alpha value is -1.53. The Morgan fingerprint density at radius 3 is 3.14 bits per heavy atom. The van der Waals surface area contributed by atoms with Crippen molar-refractivity contribution in [1.82, 2.24) is 20.3 Å². The highest BCUT2D eigenvalue weighted by Gasteiger charge is 2.24. The molecule has 5 nitrogen and oxygen atoms in total. The van der Waals surface area contributed by atoms with Gasteiger partial charge in [-0.25, -0.2) is 15.0 Å². The summed E-state index contributed by atoms with van der Waals surface area (Å²) in [6, 6.07) is 2.24. The number of nitrogens with one attached hydrogen (secondary N) is 1. The first-order chi connectivity index (χ1) is 10.3. The molecule has 3 rings (SSSR count). The lowest BCUT2D eigenvalue weighted by molar-refractivity contribution is 0.397. The number of aryl methyl sites for hydroxylation is 1. The smallest absolute Gasteiger partial charge is 0.216 e. The summed E-state index contributed by atoms with van der Waals surface area (Å²) in [5, 5.41) is 4.57. The second kappa shape index (κ2) is 6.49. The minimum absolute atomic E-state index is 0.391. The van der Waals surface area contributed by atoms with Gasteiger partial charge in [0, 0.05) is 10.9 Å². The third-order valence-electron chi connectivity index (χ3n) is 3.67. The van der Waals surface area contributed by atoms with E-state index in [1.165, 1.54) is 29.7 Å². The van der Waals surface area contributed by atoms with Gasteiger partial charge in [-0.1, -0.05) is 6.92 Å². The van der Waals surface area contributed by atoms with Gasteiger partial charge >= 0.3 is 0 Å². The van der Waals surface area contributed by atoms with Crippen LogP contribution >= 0.6 is 11.3 Å². The number of fused-ring (bicyclic) bond motifs is 1. The highest BCUT2D eigenvalue weighted by Crippen LogP contribution is 2.36. The zero-order valence-corrected chi connectivity index (χ0v) is 13.2. The van der Waals surface area contributed by atoms with E-state index in [1.54, 1.807) is 18.4 Å². The molecule has 0 bridgehead atoms. The first-order valence-electron chi connectivity index (χ1n) is 7.41. The number of nitrogens with zero attached hydrogens (tertiary/aromatic N) is 3. The molecule has 0 fully saturated rings. The van der Waals surface area contributed by atoms with Crippen LogP contribution in [0.25, 0.3) is 10.7 Å². The van der Waals surface area contributed by atoms with Crippen LogP contribution in [0.4, 0.5) is 0 Å². The van der Waals surface area contributed by atoms with Gasteiger partial charge in [-0.3, -0.25) is 0 Å². The van der Waals surface area contributed by atoms with Crippen molar-refractivity contribution in [2.75, 3.05) is 13.7 Å². The van der Waals surface area contributed by atoms with Crippen LogP contribution < -0.4 is 10.1 Å². The summed E-state index contributed by atoms with van der Waals surface area (Å²) in [5.74, 6) is 0.578. The topological polar surface area (TPSA) is 59.9 Å². The molecule has 1 aliphatic rings. The van der Waals surface area contributed by atoms with Crippen LogP contribution in [-0.4, -0.2) is 28.6 Å². The molecule has 112 valence electrons. The molecule has 1 unspecified atom stereocenters. The van der Waals surface area contributed by atoms with E-state index in [0.717, 1.165) is 30.1 Å². The molecule has 2 aromatic rings. The molecular formula is C15H20N4OS. The summed E-state index contributed by atoms with van der Waals surface area (Å²) in [6.07, 6.45) is 6.19. The predicted molar refractivity (Wildman–Crippen MR) is 83.7 cm³/mol. The number of aromatic nitrogens is 3. The van der Waals surface area contributed by atoms with Crippen molar-refractivity contribution >= 4 is 11.3 Å². The molecule has 6 heteroatoms. The summed E-state index contributed by atoms with van der Waals surface area (Å²) >= 11 is 1.75. The van der Waals surface area contributed by atoms with E-state index in [2.05, 4.69) is 22.2 Å².